The van der Waals surface area contributed by atoms with E-state index in [9.17, 15) is 9.59 Å². The summed E-state index contributed by atoms with van der Waals surface area (Å²) in [5.74, 6) is 1.04. The molecule has 0 spiro atoms. The zero-order valence-electron chi connectivity index (χ0n) is 13.9. The van der Waals surface area contributed by atoms with Gasteiger partial charge in [0.2, 0.25) is 5.91 Å². The maximum atomic E-state index is 12.3. The van der Waals surface area contributed by atoms with Gasteiger partial charge in [-0.1, -0.05) is 19.1 Å². The molecule has 0 aromatic heterocycles. The van der Waals surface area contributed by atoms with Crippen LogP contribution in [0, 0.1) is 5.92 Å². The molecule has 0 unspecified atom stereocenters. The summed E-state index contributed by atoms with van der Waals surface area (Å²) in [5.41, 5.74) is 1.79. The van der Waals surface area contributed by atoms with Crippen LogP contribution in [-0.4, -0.2) is 29.3 Å². The predicted molar refractivity (Wildman–Crippen MR) is 90.0 cm³/mol. The van der Waals surface area contributed by atoms with Crippen LogP contribution >= 0.6 is 0 Å². The van der Waals surface area contributed by atoms with Gasteiger partial charge < -0.3 is 10.2 Å². The smallest absolute Gasteiger partial charge is 0.251 e. The van der Waals surface area contributed by atoms with Crippen LogP contribution in [0.1, 0.15) is 61.4 Å². The number of hydrogen-bond donors (Lipinski definition) is 1. The van der Waals surface area contributed by atoms with Crippen molar-refractivity contribution < 1.29 is 9.59 Å². The summed E-state index contributed by atoms with van der Waals surface area (Å²) in [7, 11) is 0. The van der Waals surface area contributed by atoms with E-state index in [0.29, 0.717) is 24.6 Å². The molecule has 4 nitrogen and oxygen atoms in total. The molecule has 23 heavy (non-hydrogen) atoms. The number of nitrogens with zero attached hydrogens (tertiary/aromatic N) is 1. The van der Waals surface area contributed by atoms with Gasteiger partial charge in [-0.3, -0.25) is 9.59 Å². The van der Waals surface area contributed by atoms with E-state index in [2.05, 4.69) is 12.2 Å². The molecule has 2 fully saturated rings. The molecule has 124 valence electrons. The van der Waals surface area contributed by atoms with E-state index in [1.54, 1.807) is 0 Å². The molecule has 1 saturated heterocycles. The Bertz CT molecular complexity index is 559. The van der Waals surface area contributed by atoms with Crippen molar-refractivity contribution in [2.24, 2.45) is 5.92 Å². The Morgan fingerprint density at radius 1 is 1.17 bits per heavy atom. The lowest BCUT2D eigenvalue weighted by Crippen LogP contribution is -2.37. The quantitative estimate of drug-likeness (QED) is 0.928. The average molecular weight is 314 g/mol. The van der Waals surface area contributed by atoms with Crippen LogP contribution in [0.4, 0.5) is 0 Å². The Balaban J connectivity index is 1.54. The predicted octanol–water partition coefficient (Wildman–Crippen LogP) is 3.12. The van der Waals surface area contributed by atoms with Gasteiger partial charge in [0.25, 0.3) is 5.91 Å². The molecule has 1 aromatic rings. The van der Waals surface area contributed by atoms with Crippen molar-refractivity contribution in [2.45, 2.75) is 58.0 Å². The third kappa shape index (κ3) is 4.12. The van der Waals surface area contributed by atoms with E-state index in [4.69, 9.17) is 0 Å². The van der Waals surface area contributed by atoms with Crippen LogP contribution < -0.4 is 5.32 Å². The summed E-state index contributed by atoms with van der Waals surface area (Å²) in [4.78, 5) is 25.9. The van der Waals surface area contributed by atoms with Gasteiger partial charge in [-0.25, -0.2) is 0 Å². The van der Waals surface area contributed by atoms with E-state index in [-0.39, 0.29) is 11.8 Å². The van der Waals surface area contributed by atoms with Gasteiger partial charge in [0.05, 0.1) is 0 Å². The zero-order chi connectivity index (χ0) is 16.2. The highest BCUT2D eigenvalue weighted by Gasteiger charge is 2.21. The second-order valence-corrected chi connectivity index (χ2v) is 7.05. The molecule has 4 heteroatoms. The molecular weight excluding hydrogens is 288 g/mol. The summed E-state index contributed by atoms with van der Waals surface area (Å²) in [6, 6.07) is 7.99. The van der Waals surface area contributed by atoms with E-state index < -0.39 is 0 Å². The highest BCUT2D eigenvalue weighted by atomic mass is 16.2. The number of hydrogen-bond acceptors (Lipinski definition) is 2. The molecule has 1 aliphatic heterocycles. The number of amides is 2. The lowest BCUT2D eigenvalue weighted by Gasteiger charge is -2.26. The van der Waals surface area contributed by atoms with Gasteiger partial charge in [0.1, 0.15) is 0 Å². The van der Waals surface area contributed by atoms with E-state index >= 15 is 0 Å². The third-order valence-corrected chi connectivity index (χ3v) is 5.11. The minimum absolute atomic E-state index is 0.0216. The first kappa shape index (κ1) is 16.0. The largest absolute Gasteiger partial charge is 0.349 e. The number of carbonyl (C=O) groups is 2. The van der Waals surface area contributed by atoms with Crippen LogP contribution in [0.25, 0.3) is 0 Å². The fraction of sp³-hybridized carbons (Fsp3) is 0.579. The standard InChI is InChI=1S/C19H26N2O2/c1-14-4-10-17(11-5-14)20-19(23)16-8-6-15(7-9-16)13-21-12-2-3-18(21)22/h6-9,14,17H,2-5,10-13H2,1H3,(H,20,23). The highest BCUT2D eigenvalue weighted by Crippen LogP contribution is 2.23. The van der Waals surface area contributed by atoms with Crippen molar-refractivity contribution in [1.82, 2.24) is 10.2 Å². The van der Waals surface area contributed by atoms with Crippen molar-refractivity contribution in [3.8, 4) is 0 Å². The van der Waals surface area contributed by atoms with Crippen molar-refractivity contribution in [1.29, 1.82) is 0 Å². The van der Waals surface area contributed by atoms with Crippen LogP contribution in [0.2, 0.25) is 0 Å². The maximum absolute atomic E-state index is 12.3. The second-order valence-electron chi connectivity index (χ2n) is 7.05. The summed E-state index contributed by atoms with van der Waals surface area (Å²) in [6.45, 7) is 3.78. The molecule has 0 radical (unpaired) electrons. The van der Waals surface area contributed by atoms with Crippen LogP contribution in [-0.2, 0) is 11.3 Å². The van der Waals surface area contributed by atoms with Crippen molar-refractivity contribution in [3.63, 3.8) is 0 Å². The van der Waals surface area contributed by atoms with Crippen molar-refractivity contribution in [3.05, 3.63) is 35.4 Å². The summed E-state index contributed by atoms with van der Waals surface area (Å²) < 4.78 is 0. The summed E-state index contributed by atoms with van der Waals surface area (Å²) in [6.07, 6.45) is 6.20. The van der Waals surface area contributed by atoms with E-state index in [1.807, 2.05) is 29.2 Å². The molecule has 2 amide bonds. The molecule has 0 bridgehead atoms. The summed E-state index contributed by atoms with van der Waals surface area (Å²) >= 11 is 0. The van der Waals surface area contributed by atoms with E-state index in [1.165, 1.54) is 12.8 Å². The Morgan fingerprint density at radius 3 is 2.48 bits per heavy atom. The van der Waals surface area contributed by atoms with Crippen molar-refractivity contribution in [2.75, 3.05) is 6.54 Å². The van der Waals surface area contributed by atoms with Crippen LogP contribution in [0.3, 0.4) is 0 Å². The number of likely N-dealkylation sites (tertiary alicyclic amines) is 1. The first-order valence-electron chi connectivity index (χ1n) is 8.79. The lowest BCUT2D eigenvalue weighted by molar-refractivity contribution is -0.128. The maximum Gasteiger partial charge on any atom is 0.251 e. The SMILES string of the molecule is CC1CCC(NC(=O)c2ccc(CN3CCCC3=O)cc2)CC1. The molecular formula is C19H26N2O2. The highest BCUT2D eigenvalue weighted by molar-refractivity contribution is 5.94. The van der Waals surface area contributed by atoms with Crippen LogP contribution in [0.5, 0.6) is 0 Å². The minimum atomic E-state index is 0.0216. The molecule has 1 aromatic carbocycles. The van der Waals surface area contributed by atoms with Gasteiger partial charge in [0.15, 0.2) is 0 Å². The van der Waals surface area contributed by atoms with Gasteiger partial charge in [-0.05, 0) is 55.7 Å². The van der Waals surface area contributed by atoms with Gasteiger partial charge in [0, 0.05) is 31.1 Å². The topological polar surface area (TPSA) is 49.4 Å². The first-order valence-corrected chi connectivity index (χ1v) is 8.79. The summed E-state index contributed by atoms with van der Waals surface area (Å²) in [5, 5.41) is 3.15. The molecule has 2 aliphatic rings. The Kier molecular flexibility index (Phi) is 4.99. The van der Waals surface area contributed by atoms with Gasteiger partial charge >= 0.3 is 0 Å². The fourth-order valence-corrected chi connectivity index (χ4v) is 3.53. The molecule has 3 rings (SSSR count). The fourth-order valence-electron chi connectivity index (χ4n) is 3.53. The number of nitrogens with one attached hydrogen (secondary N) is 1. The van der Waals surface area contributed by atoms with Gasteiger partial charge in [-0.15, -0.1) is 0 Å². The minimum Gasteiger partial charge on any atom is -0.349 e. The molecule has 1 aliphatic carbocycles. The van der Waals surface area contributed by atoms with E-state index in [0.717, 1.165) is 37.3 Å². The molecule has 1 N–H and O–H groups in total. The van der Waals surface area contributed by atoms with Crippen molar-refractivity contribution >= 4 is 11.8 Å². The van der Waals surface area contributed by atoms with Gasteiger partial charge in [-0.2, -0.15) is 0 Å². The average Bonchev–Trinajstić information content (AvgIpc) is 2.95. The monoisotopic (exact) mass is 314 g/mol. The Morgan fingerprint density at radius 2 is 1.87 bits per heavy atom. The first-order chi connectivity index (χ1) is 11.1. The normalized spacial score (nSPS) is 24.7. The molecule has 0 atom stereocenters. The lowest BCUT2D eigenvalue weighted by atomic mass is 9.87. The Hall–Kier alpha value is -1.84. The van der Waals surface area contributed by atoms with Crippen LogP contribution in [0.15, 0.2) is 24.3 Å². The third-order valence-electron chi connectivity index (χ3n) is 5.11. The number of carbonyl (C=O) groups excluding carboxylic acids is 2. The molecule has 1 heterocycles. The molecule has 1 saturated carbocycles. The number of rotatable bonds is 4. The number of benzene rings is 1. The Labute approximate surface area is 138 Å². The second kappa shape index (κ2) is 7.16. The zero-order valence-corrected chi connectivity index (χ0v) is 13.9.